The van der Waals surface area contributed by atoms with E-state index in [0.717, 1.165) is 11.1 Å². The van der Waals surface area contributed by atoms with Gasteiger partial charge >= 0.3 is 0 Å². The summed E-state index contributed by atoms with van der Waals surface area (Å²) in [6.07, 6.45) is 0. The molecule has 0 aliphatic heterocycles. The summed E-state index contributed by atoms with van der Waals surface area (Å²) >= 11 is 0. The Kier molecular flexibility index (Phi) is 3.57. The van der Waals surface area contributed by atoms with Crippen LogP contribution in [0.1, 0.15) is 11.1 Å². The predicted octanol–water partition coefficient (Wildman–Crippen LogP) is 0.770. The average Bonchev–Trinajstić information content (AvgIpc) is 2.23. The second kappa shape index (κ2) is 4.70. The Balaban J connectivity index is 2.86. The van der Waals surface area contributed by atoms with Gasteiger partial charge in [0.05, 0.1) is 6.54 Å². The zero-order chi connectivity index (χ0) is 11.4. The Labute approximate surface area is 88.5 Å². The highest BCUT2D eigenvalue weighted by Crippen LogP contribution is 2.17. The number of carbonyl (C=O) groups excluding carboxylic acids is 2. The Bertz CT molecular complexity index is 400. The van der Waals surface area contributed by atoms with Crippen molar-refractivity contribution >= 4 is 17.4 Å². The molecule has 0 heterocycles. The number of anilines is 1. The van der Waals surface area contributed by atoms with Gasteiger partial charge in [0.15, 0.2) is 0 Å². The number of rotatable bonds is 3. The first kappa shape index (κ1) is 11.4. The predicted molar refractivity (Wildman–Crippen MR) is 58.6 cm³/mol. The molecule has 4 heteroatoms. The molecule has 1 rings (SSSR count). The molecule has 0 atom stereocenters. The third-order valence-electron chi connectivity index (χ3n) is 2.29. The SMILES string of the molecule is Cc1cccc(NC(=O)C(=O)CN)c1C. The first-order valence-electron chi connectivity index (χ1n) is 4.66. The lowest BCUT2D eigenvalue weighted by molar-refractivity contribution is -0.133. The van der Waals surface area contributed by atoms with Crippen LogP contribution in [0, 0.1) is 13.8 Å². The fraction of sp³-hybridized carbons (Fsp3) is 0.273. The molecule has 1 aromatic carbocycles. The number of Topliss-reactive ketones (excluding diaryl/α,β-unsaturated/α-hetero) is 1. The van der Waals surface area contributed by atoms with Crippen molar-refractivity contribution in [1.29, 1.82) is 0 Å². The number of benzene rings is 1. The molecule has 0 unspecified atom stereocenters. The van der Waals surface area contributed by atoms with Crippen LogP contribution in [0.2, 0.25) is 0 Å². The van der Waals surface area contributed by atoms with Crippen LogP contribution in [-0.4, -0.2) is 18.2 Å². The van der Waals surface area contributed by atoms with Gasteiger partial charge < -0.3 is 11.1 Å². The molecule has 0 radical (unpaired) electrons. The van der Waals surface area contributed by atoms with E-state index in [9.17, 15) is 9.59 Å². The highest BCUT2D eigenvalue weighted by molar-refractivity contribution is 6.41. The van der Waals surface area contributed by atoms with E-state index in [0.29, 0.717) is 5.69 Å². The van der Waals surface area contributed by atoms with Crippen molar-refractivity contribution in [2.75, 3.05) is 11.9 Å². The van der Waals surface area contributed by atoms with Crippen LogP contribution in [-0.2, 0) is 9.59 Å². The number of nitrogens with one attached hydrogen (secondary N) is 1. The zero-order valence-electron chi connectivity index (χ0n) is 8.83. The number of hydrogen-bond donors (Lipinski definition) is 2. The Hall–Kier alpha value is -1.68. The molecule has 0 aliphatic carbocycles. The van der Waals surface area contributed by atoms with Crippen LogP contribution in [0.4, 0.5) is 5.69 Å². The topological polar surface area (TPSA) is 72.2 Å². The van der Waals surface area contributed by atoms with Gasteiger partial charge in [-0.1, -0.05) is 12.1 Å². The normalized spacial score (nSPS) is 9.80. The van der Waals surface area contributed by atoms with Crippen molar-refractivity contribution < 1.29 is 9.59 Å². The van der Waals surface area contributed by atoms with Gasteiger partial charge in [-0.05, 0) is 31.0 Å². The number of ketones is 1. The molecule has 4 nitrogen and oxygen atoms in total. The monoisotopic (exact) mass is 206 g/mol. The molecule has 0 bridgehead atoms. The summed E-state index contributed by atoms with van der Waals surface area (Å²) in [5.41, 5.74) is 7.76. The Morgan fingerprint density at radius 3 is 2.60 bits per heavy atom. The van der Waals surface area contributed by atoms with Crippen molar-refractivity contribution in [3.05, 3.63) is 29.3 Å². The molecular weight excluding hydrogens is 192 g/mol. The van der Waals surface area contributed by atoms with E-state index in [1.54, 1.807) is 6.07 Å². The molecule has 15 heavy (non-hydrogen) atoms. The van der Waals surface area contributed by atoms with Gasteiger partial charge in [0.2, 0.25) is 5.78 Å². The quantitative estimate of drug-likeness (QED) is 0.717. The molecule has 3 N–H and O–H groups in total. The summed E-state index contributed by atoms with van der Waals surface area (Å²) in [6, 6.07) is 5.52. The van der Waals surface area contributed by atoms with Crippen LogP contribution >= 0.6 is 0 Å². The van der Waals surface area contributed by atoms with Gasteiger partial charge in [-0.2, -0.15) is 0 Å². The minimum Gasteiger partial charge on any atom is -0.324 e. The van der Waals surface area contributed by atoms with Gasteiger partial charge in [0.25, 0.3) is 5.91 Å². The van der Waals surface area contributed by atoms with Crippen LogP contribution in [0.25, 0.3) is 0 Å². The van der Waals surface area contributed by atoms with Gasteiger partial charge in [0.1, 0.15) is 0 Å². The summed E-state index contributed by atoms with van der Waals surface area (Å²) in [7, 11) is 0. The van der Waals surface area contributed by atoms with Crippen molar-refractivity contribution in [2.24, 2.45) is 5.73 Å². The molecule has 0 saturated heterocycles. The standard InChI is InChI=1S/C11H14N2O2/c1-7-4-3-5-9(8(7)2)13-11(15)10(14)6-12/h3-5H,6,12H2,1-2H3,(H,13,15). The first-order valence-corrected chi connectivity index (χ1v) is 4.66. The fourth-order valence-electron chi connectivity index (χ4n) is 1.17. The van der Waals surface area contributed by atoms with E-state index in [2.05, 4.69) is 5.32 Å². The third-order valence-corrected chi connectivity index (χ3v) is 2.29. The van der Waals surface area contributed by atoms with Crippen molar-refractivity contribution in [2.45, 2.75) is 13.8 Å². The number of carbonyl (C=O) groups is 2. The Morgan fingerprint density at radius 1 is 1.33 bits per heavy atom. The highest BCUT2D eigenvalue weighted by atomic mass is 16.2. The largest absolute Gasteiger partial charge is 0.324 e. The van der Waals surface area contributed by atoms with Crippen LogP contribution < -0.4 is 11.1 Å². The van der Waals surface area contributed by atoms with Gasteiger partial charge in [-0.25, -0.2) is 0 Å². The average molecular weight is 206 g/mol. The molecule has 80 valence electrons. The Morgan fingerprint density at radius 2 is 2.00 bits per heavy atom. The maximum absolute atomic E-state index is 11.3. The van der Waals surface area contributed by atoms with E-state index in [4.69, 9.17) is 5.73 Å². The van der Waals surface area contributed by atoms with Gasteiger partial charge in [-0.3, -0.25) is 9.59 Å². The first-order chi connectivity index (χ1) is 7.06. The minimum absolute atomic E-state index is 0.267. The molecular formula is C11H14N2O2. The van der Waals surface area contributed by atoms with Gasteiger partial charge in [0, 0.05) is 5.69 Å². The molecule has 0 saturated carbocycles. The van der Waals surface area contributed by atoms with Gasteiger partial charge in [-0.15, -0.1) is 0 Å². The number of hydrogen-bond acceptors (Lipinski definition) is 3. The van der Waals surface area contributed by atoms with Crippen molar-refractivity contribution in [3.63, 3.8) is 0 Å². The summed E-state index contributed by atoms with van der Waals surface area (Å²) < 4.78 is 0. The van der Waals surface area contributed by atoms with E-state index >= 15 is 0 Å². The van der Waals surface area contributed by atoms with Crippen LogP contribution in [0.3, 0.4) is 0 Å². The molecule has 0 spiro atoms. The molecule has 0 aliphatic rings. The van der Waals surface area contributed by atoms with Crippen molar-refractivity contribution in [3.8, 4) is 0 Å². The van der Waals surface area contributed by atoms with Crippen molar-refractivity contribution in [1.82, 2.24) is 0 Å². The second-order valence-corrected chi connectivity index (χ2v) is 3.33. The van der Waals surface area contributed by atoms with E-state index in [1.807, 2.05) is 26.0 Å². The second-order valence-electron chi connectivity index (χ2n) is 3.33. The third kappa shape index (κ3) is 2.63. The fourth-order valence-corrected chi connectivity index (χ4v) is 1.17. The maximum Gasteiger partial charge on any atom is 0.293 e. The van der Waals surface area contributed by atoms with Crippen LogP contribution in [0.5, 0.6) is 0 Å². The zero-order valence-corrected chi connectivity index (χ0v) is 8.83. The smallest absolute Gasteiger partial charge is 0.293 e. The molecule has 1 aromatic rings. The van der Waals surface area contributed by atoms with Crippen LogP contribution in [0.15, 0.2) is 18.2 Å². The molecule has 0 aromatic heterocycles. The van der Waals surface area contributed by atoms with E-state index in [1.165, 1.54) is 0 Å². The lowest BCUT2D eigenvalue weighted by Crippen LogP contribution is -2.29. The number of amides is 1. The van der Waals surface area contributed by atoms with E-state index < -0.39 is 11.7 Å². The minimum atomic E-state index is -0.661. The summed E-state index contributed by atoms with van der Waals surface area (Å²) in [5.74, 6) is -1.28. The highest BCUT2D eigenvalue weighted by Gasteiger charge is 2.12. The summed E-state index contributed by atoms with van der Waals surface area (Å²) in [5, 5.41) is 2.53. The molecule has 0 fully saturated rings. The maximum atomic E-state index is 11.3. The van der Waals surface area contributed by atoms with E-state index in [-0.39, 0.29) is 6.54 Å². The summed E-state index contributed by atoms with van der Waals surface area (Å²) in [4.78, 5) is 22.2. The lowest BCUT2D eigenvalue weighted by Gasteiger charge is -2.08. The summed E-state index contributed by atoms with van der Waals surface area (Å²) in [6.45, 7) is 3.56. The lowest BCUT2D eigenvalue weighted by atomic mass is 10.1. The number of aryl methyl sites for hydroxylation is 1. The molecule has 1 amide bonds. The number of nitrogens with two attached hydrogens (primary N) is 1.